The van der Waals surface area contributed by atoms with Gasteiger partial charge in [0.15, 0.2) is 0 Å². The van der Waals surface area contributed by atoms with Crippen molar-refractivity contribution >= 4 is 5.97 Å². The molecule has 3 heteroatoms. The summed E-state index contributed by atoms with van der Waals surface area (Å²) >= 11 is 0. The molecule has 1 atom stereocenters. The number of hydrogen-bond donors (Lipinski definition) is 1. The molecule has 0 heterocycles. The normalized spacial score (nSPS) is 13.1. The maximum atomic E-state index is 10.9. The van der Waals surface area contributed by atoms with Crippen LogP contribution in [0, 0.1) is 12.8 Å². The van der Waals surface area contributed by atoms with E-state index in [1.54, 1.807) is 12.1 Å². The molecule has 1 aromatic carbocycles. The lowest BCUT2D eigenvalue weighted by Gasteiger charge is -2.28. The minimum Gasteiger partial charge on any atom is -0.478 e. The van der Waals surface area contributed by atoms with Crippen molar-refractivity contribution in [3.63, 3.8) is 0 Å². The number of aryl methyl sites for hydroxylation is 1. The van der Waals surface area contributed by atoms with E-state index in [0.717, 1.165) is 12.1 Å². The number of carboxylic acid groups (broad SMARTS) is 1. The van der Waals surface area contributed by atoms with Crippen molar-refractivity contribution in [1.82, 2.24) is 4.90 Å². The Labute approximate surface area is 109 Å². The molecule has 0 saturated carbocycles. The highest BCUT2D eigenvalue weighted by Crippen LogP contribution is 2.16. The van der Waals surface area contributed by atoms with Gasteiger partial charge in [0.1, 0.15) is 0 Å². The maximum Gasteiger partial charge on any atom is 0.335 e. The Balaban J connectivity index is 2.83. The molecule has 0 bridgehead atoms. The summed E-state index contributed by atoms with van der Waals surface area (Å²) in [5.41, 5.74) is 2.59. The third-order valence-corrected chi connectivity index (χ3v) is 3.67. The average molecular weight is 249 g/mol. The number of nitrogens with zero attached hydrogens (tertiary/aromatic N) is 1. The van der Waals surface area contributed by atoms with Crippen LogP contribution in [0.4, 0.5) is 0 Å². The number of hydrogen-bond acceptors (Lipinski definition) is 2. The van der Waals surface area contributed by atoms with Crippen molar-refractivity contribution in [1.29, 1.82) is 0 Å². The highest BCUT2D eigenvalue weighted by atomic mass is 16.4. The fourth-order valence-electron chi connectivity index (χ4n) is 1.93. The highest BCUT2D eigenvalue weighted by molar-refractivity contribution is 5.87. The second kappa shape index (κ2) is 6.01. The van der Waals surface area contributed by atoms with Crippen LogP contribution in [-0.2, 0) is 6.54 Å². The molecule has 0 aliphatic carbocycles. The summed E-state index contributed by atoms with van der Waals surface area (Å²) in [6.45, 7) is 9.45. The molecule has 0 aromatic heterocycles. The summed E-state index contributed by atoms with van der Waals surface area (Å²) in [5.74, 6) is -0.262. The van der Waals surface area contributed by atoms with E-state index in [2.05, 4.69) is 32.7 Å². The zero-order valence-corrected chi connectivity index (χ0v) is 11.9. The number of carbonyl (C=O) groups is 1. The SMILES string of the molecule is Cc1cc(C(=O)O)ccc1CN(C)C(C)C(C)C. The van der Waals surface area contributed by atoms with Crippen molar-refractivity contribution in [2.24, 2.45) is 5.92 Å². The summed E-state index contributed by atoms with van der Waals surface area (Å²) in [4.78, 5) is 13.2. The van der Waals surface area contributed by atoms with E-state index in [9.17, 15) is 4.79 Å². The van der Waals surface area contributed by atoms with E-state index >= 15 is 0 Å². The van der Waals surface area contributed by atoms with Crippen LogP contribution < -0.4 is 0 Å². The number of rotatable bonds is 5. The van der Waals surface area contributed by atoms with E-state index in [1.165, 1.54) is 5.56 Å². The second-order valence-electron chi connectivity index (χ2n) is 5.35. The topological polar surface area (TPSA) is 40.5 Å². The van der Waals surface area contributed by atoms with Gasteiger partial charge in [0.2, 0.25) is 0 Å². The van der Waals surface area contributed by atoms with Crippen molar-refractivity contribution < 1.29 is 9.90 Å². The average Bonchev–Trinajstić information content (AvgIpc) is 2.30. The molecule has 0 radical (unpaired) electrons. The molecular formula is C15H23NO2. The van der Waals surface area contributed by atoms with Gasteiger partial charge in [0.25, 0.3) is 0 Å². The van der Waals surface area contributed by atoms with E-state index in [4.69, 9.17) is 5.11 Å². The van der Waals surface area contributed by atoms with Crippen LogP contribution in [-0.4, -0.2) is 29.1 Å². The van der Waals surface area contributed by atoms with Gasteiger partial charge in [-0.25, -0.2) is 4.79 Å². The molecule has 0 aliphatic heterocycles. The second-order valence-corrected chi connectivity index (χ2v) is 5.35. The number of carboxylic acids is 1. The monoisotopic (exact) mass is 249 g/mol. The molecule has 1 unspecified atom stereocenters. The molecular weight excluding hydrogens is 226 g/mol. The lowest BCUT2D eigenvalue weighted by Crippen LogP contribution is -2.32. The van der Waals surface area contributed by atoms with E-state index < -0.39 is 5.97 Å². The Morgan fingerprint density at radius 3 is 2.39 bits per heavy atom. The zero-order chi connectivity index (χ0) is 13.9. The molecule has 0 amide bonds. The van der Waals surface area contributed by atoms with Gasteiger partial charge < -0.3 is 5.11 Å². The zero-order valence-electron chi connectivity index (χ0n) is 11.9. The van der Waals surface area contributed by atoms with Gasteiger partial charge in [-0.15, -0.1) is 0 Å². The highest BCUT2D eigenvalue weighted by Gasteiger charge is 2.14. The predicted molar refractivity (Wildman–Crippen MR) is 73.9 cm³/mol. The Hall–Kier alpha value is -1.35. The lowest BCUT2D eigenvalue weighted by molar-refractivity contribution is 0.0696. The van der Waals surface area contributed by atoms with Crippen LogP contribution in [0.5, 0.6) is 0 Å². The van der Waals surface area contributed by atoms with E-state index in [0.29, 0.717) is 17.5 Å². The van der Waals surface area contributed by atoms with Gasteiger partial charge in [-0.1, -0.05) is 19.9 Å². The van der Waals surface area contributed by atoms with Crippen LogP contribution >= 0.6 is 0 Å². The van der Waals surface area contributed by atoms with Crippen LogP contribution in [0.1, 0.15) is 42.3 Å². The van der Waals surface area contributed by atoms with Gasteiger partial charge in [0.05, 0.1) is 5.56 Å². The third kappa shape index (κ3) is 3.57. The summed E-state index contributed by atoms with van der Waals surface area (Å²) in [6.07, 6.45) is 0. The van der Waals surface area contributed by atoms with Crippen molar-refractivity contribution in [3.8, 4) is 0 Å². The van der Waals surface area contributed by atoms with Crippen LogP contribution in [0.2, 0.25) is 0 Å². The first kappa shape index (κ1) is 14.7. The Morgan fingerprint density at radius 1 is 1.33 bits per heavy atom. The maximum absolute atomic E-state index is 10.9. The number of aromatic carboxylic acids is 1. The first-order valence-corrected chi connectivity index (χ1v) is 6.36. The smallest absolute Gasteiger partial charge is 0.335 e. The van der Waals surface area contributed by atoms with Gasteiger partial charge in [0, 0.05) is 12.6 Å². The van der Waals surface area contributed by atoms with Crippen LogP contribution in [0.25, 0.3) is 0 Å². The first-order chi connectivity index (χ1) is 8.32. The molecule has 0 fully saturated rings. The van der Waals surface area contributed by atoms with Crippen molar-refractivity contribution in [2.45, 2.75) is 40.3 Å². The quantitative estimate of drug-likeness (QED) is 0.871. The third-order valence-electron chi connectivity index (χ3n) is 3.67. The minimum absolute atomic E-state index is 0.357. The predicted octanol–water partition coefficient (Wildman–Crippen LogP) is 3.17. The van der Waals surface area contributed by atoms with Crippen LogP contribution in [0.15, 0.2) is 18.2 Å². The van der Waals surface area contributed by atoms with Gasteiger partial charge in [-0.3, -0.25) is 4.90 Å². The fraction of sp³-hybridized carbons (Fsp3) is 0.533. The molecule has 1 aromatic rings. The Morgan fingerprint density at radius 2 is 1.94 bits per heavy atom. The Bertz CT molecular complexity index is 427. The van der Waals surface area contributed by atoms with Gasteiger partial charge in [-0.2, -0.15) is 0 Å². The minimum atomic E-state index is -0.867. The van der Waals surface area contributed by atoms with E-state index in [1.807, 2.05) is 13.0 Å². The summed E-state index contributed by atoms with van der Waals surface area (Å²) < 4.78 is 0. The van der Waals surface area contributed by atoms with Gasteiger partial charge in [-0.05, 0) is 50.1 Å². The molecule has 0 aliphatic rings. The van der Waals surface area contributed by atoms with Gasteiger partial charge >= 0.3 is 5.97 Å². The molecule has 1 rings (SSSR count). The largest absolute Gasteiger partial charge is 0.478 e. The standard InChI is InChI=1S/C15H23NO2/c1-10(2)12(4)16(5)9-14-7-6-13(15(17)18)8-11(14)3/h6-8,10,12H,9H2,1-5H3,(H,17,18). The molecule has 0 saturated heterocycles. The molecule has 0 spiro atoms. The van der Waals surface area contributed by atoms with Crippen LogP contribution in [0.3, 0.4) is 0 Å². The van der Waals surface area contributed by atoms with Crippen molar-refractivity contribution in [3.05, 3.63) is 34.9 Å². The first-order valence-electron chi connectivity index (χ1n) is 6.36. The molecule has 18 heavy (non-hydrogen) atoms. The Kier molecular flexibility index (Phi) is 4.91. The summed E-state index contributed by atoms with van der Waals surface area (Å²) in [5, 5.41) is 8.93. The molecule has 3 nitrogen and oxygen atoms in total. The summed E-state index contributed by atoms with van der Waals surface area (Å²) in [6, 6.07) is 5.84. The van der Waals surface area contributed by atoms with E-state index in [-0.39, 0.29) is 0 Å². The fourth-order valence-corrected chi connectivity index (χ4v) is 1.93. The number of benzene rings is 1. The molecule has 100 valence electrons. The van der Waals surface area contributed by atoms with Crippen molar-refractivity contribution in [2.75, 3.05) is 7.05 Å². The lowest BCUT2D eigenvalue weighted by atomic mass is 10.0. The summed E-state index contributed by atoms with van der Waals surface area (Å²) in [7, 11) is 2.11. The molecule has 1 N–H and O–H groups in total.